The fourth-order valence-corrected chi connectivity index (χ4v) is 3.70. The van der Waals surface area contributed by atoms with Gasteiger partial charge in [-0.05, 0) is 36.5 Å². The summed E-state index contributed by atoms with van der Waals surface area (Å²) in [4.78, 5) is 14.5. The average Bonchev–Trinajstić information content (AvgIpc) is 2.96. The topological polar surface area (TPSA) is 59.0 Å². The maximum atomic E-state index is 12.8. The highest BCUT2D eigenvalue weighted by Gasteiger charge is 2.45. The molecule has 0 bridgehead atoms. The second-order valence-electron chi connectivity index (χ2n) is 8.18. The lowest BCUT2D eigenvalue weighted by Crippen LogP contribution is -2.54. The van der Waals surface area contributed by atoms with Gasteiger partial charge in [0.25, 0.3) is 0 Å². The van der Waals surface area contributed by atoms with Gasteiger partial charge in [0.2, 0.25) is 6.23 Å². The van der Waals surface area contributed by atoms with E-state index in [1.807, 2.05) is 30.3 Å². The summed E-state index contributed by atoms with van der Waals surface area (Å²) in [5.41, 5.74) is 0.934. The number of rotatable bonds is 6. The lowest BCUT2D eigenvalue weighted by atomic mass is 10.2. The molecule has 0 spiro atoms. The van der Waals surface area contributed by atoms with Crippen LogP contribution in [0.1, 0.15) is 39.2 Å². The minimum absolute atomic E-state index is 0.0321. The fraction of sp³-hybridized carbons (Fsp3) is 0.632. The van der Waals surface area contributed by atoms with Crippen LogP contribution in [0.3, 0.4) is 0 Å². The van der Waals surface area contributed by atoms with Crippen LogP contribution in [0.4, 0.5) is 0 Å². The summed E-state index contributed by atoms with van der Waals surface area (Å²) in [6.07, 6.45) is 0.00882. The Balaban J connectivity index is 2.12. The van der Waals surface area contributed by atoms with E-state index in [4.69, 9.17) is 9.16 Å². The van der Waals surface area contributed by atoms with Gasteiger partial charge in [0.05, 0.1) is 0 Å². The molecule has 0 radical (unpaired) electrons. The molecule has 25 heavy (non-hydrogen) atoms. The summed E-state index contributed by atoms with van der Waals surface area (Å²) < 4.78 is 11.9. The number of nitrogens with zero attached hydrogens (tertiary/aromatic N) is 1. The first-order valence-electron chi connectivity index (χ1n) is 8.94. The highest BCUT2D eigenvalue weighted by atomic mass is 28.4. The molecule has 1 N–H and O–H groups in total. The third-order valence-electron chi connectivity index (χ3n) is 5.20. The predicted molar refractivity (Wildman–Crippen MR) is 100 cm³/mol. The first-order chi connectivity index (χ1) is 11.6. The van der Waals surface area contributed by atoms with E-state index in [1.54, 1.807) is 4.90 Å². The van der Waals surface area contributed by atoms with Crippen molar-refractivity contribution in [2.24, 2.45) is 0 Å². The van der Waals surface area contributed by atoms with Gasteiger partial charge in [-0.3, -0.25) is 0 Å². The van der Waals surface area contributed by atoms with Crippen molar-refractivity contribution in [2.45, 2.75) is 70.8 Å². The number of benzene rings is 1. The Morgan fingerprint density at radius 2 is 1.96 bits per heavy atom. The molecule has 2 rings (SSSR count). The standard InChI is InChI=1S/C19H31NO4Si/c1-19(2,3)25(4,5)24-17(20-13-9-12-16(20)21)18(22)23-14-15-10-7-6-8-11-15/h6-8,10-11,16-17,21H,9,12-14H2,1-5H3/t16-,17?/m1/s1. The summed E-state index contributed by atoms with van der Waals surface area (Å²) in [5.74, 6) is -0.422. The van der Waals surface area contributed by atoms with Crippen LogP contribution in [0, 0.1) is 0 Å². The van der Waals surface area contributed by atoms with Gasteiger partial charge in [0.1, 0.15) is 12.8 Å². The predicted octanol–water partition coefficient (Wildman–Crippen LogP) is 3.49. The number of carbonyl (C=O) groups is 1. The smallest absolute Gasteiger partial charge is 0.350 e. The van der Waals surface area contributed by atoms with Crippen LogP contribution in [-0.2, 0) is 20.6 Å². The van der Waals surface area contributed by atoms with E-state index < -0.39 is 26.7 Å². The lowest BCUT2D eigenvalue weighted by molar-refractivity contribution is -0.171. The summed E-state index contributed by atoms with van der Waals surface area (Å²) >= 11 is 0. The fourth-order valence-electron chi connectivity index (χ4n) is 2.55. The van der Waals surface area contributed by atoms with Crippen LogP contribution in [0.5, 0.6) is 0 Å². The Kier molecular flexibility index (Phi) is 6.43. The number of aliphatic hydroxyl groups is 1. The zero-order valence-electron chi connectivity index (χ0n) is 16.0. The van der Waals surface area contributed by atoms with Crippen LogP contribution in [-0.4, -0.2) is 43.3 Å². The normalized spacial score (nSPS) is 20.5. The molecule has 5 nitrogen and oxygen atoms in total. The van der Waals surface area contributed by atoms with E-state index in [0.29, 0.717) is 13.0 Å². The van der Waals surface area contributed by atoms with Gasteiger partial charge in [-0.1, -0.05) is 51.1 Å². The second-order valence-corrected chi connectivity index (χ2v) is 12.9. The van der Waals surface area contributed by atoms with Gasteiger partial charge in [-0.2, -0.15) is 0 Å². The summed E-state index contributed by atoms with van der Waals surface area (Å²) in [5, 5.41) is 10.2. The third kappa shape index (κ3) is 5.14. The molecule has 6 heteroatoms. The van der Waals surface area contributed by atoms with Gasteiger partial charge in [-0.25, -0.2) is 9.69 Å². The molecule has 1 aromatic rings. The highest BCUT2D eigenvalue weighted by molar-refractivity contribution is 6.74. The summed E-state index contributed by atoms with van der Waals surface area (Å²) in [7, 11) is -2.19. The Morgan fingerprint density at radius 1 is 1.32 bits per heavy atom. The average molecular weight is 366 g/mol. The SMILES string of the molecule is CC(C)(C)[Si](C)(C)OC(C(=O)OCc1ccccc1)N1CCC[C@H]1O. The zero-order valence-corrected chi connectivity index (χ0v) is 17.0. The number of esters is 1. The minimum atomic E-state index is -2.19. The molecular weight excluding hydrogens is 334 g/mol. The van der Waals surface area contributed by atoms with E-state index in [9.17, 15) is 9.90 Å². The number of hydrogen-bond donors (Lipinski definition) is 1. The minimum Gasteiger partial charge on any atom is -0.458 e. The van der Waals surface area contributed by atoms with E-state index in [0.717, 1.165) is 12.0 Å². The van der Waals surface area contributed by atoms with Crippen molar-refractivity contribution in [1.82, 2.24) is 4.90 Å². The van der Waals surface area contributed by atoms with Crippen molar-refractivity contribution >= 4 is 14.3 Å². The lowest BCUT2D eigenvalue weighted by Gasteiger charge is -2.41. The van der Waals surface area contributed by atoms with Crippen LogP contribution in [0.25, 0.3) is 0 Å². The van der Waals surface area contributed by atoms with Crippen LogP contribution in [0.15, 0.2) is 30.3 Å². The van der Waals surface area contributed by atoms with E-state index >= 15 is 0 Å². The maximum Gasteiger partial charge on any atom is 0.350 e. The highest BCUT2D eigenvalue weighted by Crippen LogP contribution is 2.38. The molecule has 1 heterocycles. The van der Waals surface area contributed by atoms with Crippen molar-refractivity contribution in [2.75, 3.05) is 6.54 Å². The summed E-state index contributed by atoms with van der Waals surface area (Å²) in [6.45, 7) is 11.5. The van der Waals surface area contributed by atoms with E-state index in [-0.39, 0.29) is 11.6 Å². The monoisotopic (exact) mass is 365 g/mol. The van der Waals surface area contributed by atoms with Gasteiger partial charge in [0.15, 0.2) is 8.32 Å². The van der Waals surface area contributed by atoms with Gasteiger partial charge in [-0.15, -0.1) is 0 Å². The zero-order chi connectivity index (χ0) is 18.7. The number of carbonyl (C=O) groups excluding carboxylic acids is 1. The number of aliphatic hydroxyl groups excluding tert-OH is 1. The largest absolute Gasteiger partial charge is 0.458 e. The quantitative estimate of drug-likeness (QED) is 0.618. The van der Waals surface area contributed by atoms with Crippen LogP contribution in [0.2, 0.25) is 18.1 Å². The first kappa shape index (κ1) is 20.1. The first-order valence-corrected chi connectivity index (χ1v) is 11.8. The van der Waals surface area contributed by atoms with E-state index in [2.05, 4.69) is 33.9 Å². The summed E-state index contributed by atoms with van der Waals surface area (Å²) in [6, 6.07) is 9.59. The second kappa shape index (κ2) is 7.99. The molecular formula is C19H31NO4Si. The van der Waals surface area contributed by atoms with E-state index in [1.165, 1.54) is 0 Å². The van der Waals surface area contributed by atoms with Crippen molar-refractivity contribution in [3.8, 4) is 0 Å². The molecule has 2 atom stereocenters. The molecule has 1 aliphatic rings. The van der Waals surface area contributed by atoms with Crippen LogP contribution < -0.4 is 0 Å². The molecule has 1 saturated heterocycles. The van der Waals surface area contributed by atoms with Gasteiger partial charge in [0, 0.05) is 6.54 Å². The molecule has 0 saturated carbocycles. The Morgan fingerprint density at radius 3 is 2.48 bits per heavy atom. The van der Waals surface area contributed by atoms with Crippen molar-refractivity contribution in [3.63, 3.8) is 0 Å². The van der Waals surface area contributed by atoms with Crippen molar-refractivity contribution in [1.29, 1.82) is 0 Å². The van der Waals surface area contributed by atoms with Gasteiger partial charge < -0.3 is 14.3 Å². The Labute approximate surface area is 152 Å². The molecule has 1 unspecified atom stereocenters. The third-order valence-corrected chi connectivity index (χ3v) is 9.63. The molecule has 1 fully saturated rings. The molecule has 1 aromatic carbocycles. The number of ether oxygens (including phenoxy) is 1. The maximum absolute atomic E-state index is 12.8. The molecule has 0 aliphatic carbocycles. The van der Waals surface area contributed by atoms with Crippen molar-refractivity contribution in [3.05, 3.63) is 35.9 Å². The van der Waals surface area contributed by atoms with Gasteiger partial charge >= 0.3 is 5.97 Å². The molecule has 140 valence electrons. The van der Waals surface area contributed by atoms with Crippen LogP contribution >= 0.6 is 0 Å². The Hall–Kier alpha value is -1.21. The Bertz CT molecular complexity index is 571. The molecule has 0 amide bonds. The molecule has 1 aliphatic heterocycles. The number of likely N-dealkylation sites (tertiary alicyclic amines) is 1. The van der Waals surface area contributed by atoms with Crippen molar-refractivity contribution < 1.29 is 19.1 Å². The molecule has 0 aromatic heterocycles. The number of hydrogen-bond acceptors (Lipinski definition) is 5.